The van der Waals surface area contributed by atoms with Crippen molar-refractivity contribution in [1.82, 2.24) is 5.32 Å². The van der Waals surface area contributed by atoms with E-state index in [1.165, 1.54) is 16.8 Å². The molecule has 0 saturated heterocycles. The molecule has 1 aromatic rings. The first-order valence-electron chi connectivity index (χ1n) is 7.83. The summed E-state index contributed by atoms with van der Waals surface area (Å²) in [5.41, 5.74) is 2.95. The number of carboxylic acid groups (broad SMARTS) is 1. The third-order valence-corrected chi connectivity index (χ3v) is 4.53. The first-order chi connectivity index (χ1) is 9.98. The predicted octanol–water partition coefficient (Wildman–Crippen LogP) is 2.34. The zero-order valence-electron chi connectivity index (χ0n) is 12.9. The molecule has 0 bridgehead atoms. The quantitative estimate of drug-likeness (QED) is 0.873. The molecular weight excluding hydrogens is 264 g/mol. The van der Waals surface area contributed by atoms with Crippen molar-refractivity contribution in [3.63, 3.8) is 0 Å². The van der Waals surface area contributed by atoms with E-state index in [1.54, 1.807) is 0 Å². The highest BCUT2D eigenvalue weighted by molar-refractivity contribution is 5.79. The predicted molar refractivity (Wildman–Crippen MR) is 83.9 cm³/mol. The molecule has 1 aliphatic carbocycles. The Kier molecular flexibility index (Phi) is 3.66. The van der Waals surface area contributed by atoms with Crippen LogP contribution in [0.4, 0.5) is 5.69 Å². The van der Waals surface area contributed by atoms with E-state index in [4.69, 9.17) is 0 Å². The maximum atomic E-state index is 11.7. The number of aryl methyl sites for hydroxylation is 2. The molecular formula is C17H24N2O2. The zero-order valence-corrected chi connectivity index (χ0v) is 12.9. The number of aliphatic carboxylic acids is 1. The van der Waals surface area contributed by atoms with Crippen LogP contribution in [0.2, 0.25) is 0 Å². The number of hydrogen-bond donors (Lipinski definition) is 2. The summed E-state index contributed by atoms with van der Waals surface area (Å²) in [5, 5.41) is 13.0. The van der Waals surface area contributed by atoms with Crippen LogP contribution < -0.4 is 10.2 Å². The standard InChI is InChI=1S/C17H24N2O2/c1-12-5-8-15-13(10-12)4-3-9-19(15)11-17(2,16(20)21)18-14-6-7-14/h5,8,10,14,18H,3-4,6-7,9,11H2,1-2H3,(H,20,21). The van der Waals surface area contributed by atoms with Gasteiger partial charge >= 0.3 is 5.97 Å². The van der Waals surface area contributed by atoms with Gasteiger partial charge in [-0.2, -0.15) is 0 Å². The van der Waals surface area contributed by atoms with Crippen LogP contribution in [-0.4, -0.2) is 35.7 Å². The second-order valence-electron chi connectivity index (χ2n) is 6.71. The summed E-state index contributed by atoms with van der Waals surface area (Å²) in [7, 11) is 0. The summed E-state index contributed by atoms with van der Waals surface area (Å²) >= 11 is 0. The third kappa shape index (κ3) is 3.05. The molecule has 1 heterocycles. The van der Waals surface area contributed by atoms with Gasteiger partial charge in [-0.15, -0.1) is 0 Å². The van der Waals surface area contributed by atoms with Crippen molar-refractivity contribution in [3.8, 4) is 0 Å². The number of nitrogens with one attached hydrogen (secondary N) is 1. The Balaban J connectivity index is 1.82. The number of rotatable bonds is 5. The van der Waals surface area contributed by atoms with E-state index in [1.807, 2.05) is 6.92 Å². The monoisotopic (exact) mass is 288 g/mol. The van der Waals surface area contributed by atoms with E-state index >= 15 is 0 Å². The van der Waals surface area contributed by atoms with Crippen LogP contribution in [0.3, 0.4) is 0 Å². The fourth-order valence-electron chi connectivity index (χ4n) is 3.20. The van der Waals surface area contributed by atoms with E-state index < -0.39 is 11.5 Å². The first-order valence-corrected chi connectivity index (χ1v) is 7.83. The second kappa shape index (κ2) is 5.34. The molecule has 1 aromatic carbocycles. The summed E-state index contributed by atoms with van der Waals surface area (Å²) in [5.74, 6) is -0.756. The highest BCUT2D eigenvalue weighted by Crippen LogP contribution is 2.30. The van der Waals surface area contributed by atoms with Crippen molar-refractivity contribution in [1.29, 1.82) is 0 Å². The number of hydrogen-bond acceptors (Lipinski definition) is 3. The average molecular weight is 288 g/mol. The van der Waals surface area contributed by atoms with Crippen LogP contribution in [-0.2, 0) is 11.2 Å². The normalized spacial score (nSPS) is 20.8. The number of benzene rings is 1. The molecule has 4 nitrogen and oxygen atoms in total. The Labute approximate surface area is 126 Å². The third-order valence-electron chi connectivity index (χ3n) is 4.53. The van der Waals surface area contributed by atoms with Gasteiger partial charge in [-0.05, 0) is 51.2 Å². The van der Waals surface area contributed by atoms with E-state index in [2.05, 4.69) is 35.3 Å². The molecule has 2 N–H and O–H groups in total. The lowest BCUT2D eigenvalue weighted by Crippen LogP contribution is -2.58. The van der Waals surface area contributed by atoms with Crippen LogP contribution in [0, 0.1) is 6.92 Å². The van der Waals surface area contributed by atoms with Gasteiger partial charge in [0.05, 0.1) is 0 Å². The molecule has 4 heteroatoms. The van der Waals surface area contributed by atoms with Gasteiger partial charge in [0.25, 0.3) is 0 Å². The van der Waals surface area contributed by atoms with Crippen molar-refractivity contribution >= 4 is 11.7 Å². The maximum Gasteiger partial charge on any atom is 0.325 e. The molecule has 1 saturated carbocycles. The number of anilines is 1. The molecule has 1 unspecified atom stereocenters. The maximum absolute atomic E-state index is 11.7. The van der Waals surface area contributed by atoms with Crippen LogP contribution >= 0.6 is 0 Å². The Morgan fingerprint density at radius 1 is 1.48 bits per heavy atom. The van der Waals surface area contributed by atoms with Crippen LogP contribution in [0.1, 0.15) is 37.3 Å². The Bertz CT molecular complexity index is 554. The molecule has 0 radical (unpaired) electrons. The van der Waals surface area contributed by atoms with E-state index in [0.29, 0.717) is 12.6 Å². The number of carboxylic acids is 1. The Morgan fingerprint density at radius 2 is 2.24 bits per heavy atom. The largest absolute Gasteiger partial charge is 0.480 e. The van der Waals surface area contributed by atoms with Crippen molar-refractivity contribution in [2.24, 2.45) is 0 Å². The fraction of sp³-hybridized carbons (Fsp3) is 0.588. The highest BCUT2D eigenvalue weighted by atomic mass is 16.4. The van der Waals surface area contributed by atoms with Gasteiger partial charge < -0.3 is 10.0 Å². The van der Waals surface area contributed by atoms with Gasteiger partial charge in [0.15, 0.2) is 0 Å². The first kappa shape index (κ1) is 14.4. The zero-order chi connectivity index (χ0) is 15.0. The van der Waals surface area contributed by atoms with E-state index in [9.17, 15) is 9.90 Å². The highest BCUT2D eigenvalue weighted by Gasteiger charge is 2.40. The molecule has 0 spiro atoms. The summed E-state index contributed by atoms with van der Waals surface area (Å²) < 4.78 is 0. The fourth-order valence-corrected chi connectivity index (χ4v) is 3.20. The van der Waals surface area contributed by atoms with Crippen LogP contribution in [0.5, 0.6) is 0 Å². The van der Waals surface area contributed by atoms with Gasteiger partial charge in [-0.3, -0.25) is 10.1 Å². The van der Waals surface area contributed by atoms with Crippen LogP contribution in [0.25, 0.3) is 0 Å². The second-order valence-corrected chi connectivity index (χ2v) is 6.71. The Hall–Kier alpha value is -1.55. The molecule has 1 aliphatic heterocycles. The average Bonchev–Trinajstić information content (AvgIpc) is 3.22. The molecule has 0 aromatic heterocycles. The van der Waals surface area contributed by atoms with Crippen molar-refractivity contribution in [3.05, 3.63) is 29.3 Å². The minimum Gasteiger partial charge on any atom is -0.480 e. The van der Waals surface area contributed by atoms with Gasteiger partial charge in [-0.1, -0.05) is 17.7 Å². The van der Waals surface area contributed by atoms with Gasteiger partial charge in [0.2, 0.25) is 0 Å². The minimum absolute atomic E-state index is 0.383. The lowest BCUT2D eigenvalue weighted by Gasteiger charge is -2.38. The van der Waals surface area contributed by atoms with Gasteiger partial charge in [0.1, 0.15) is 5.54 Å². The smallest absolute Gasteiger partial charge is 0.325 e. The van der Waals surface area contributed by atoms with Crippen LogP contribution in [0.15, 0.2) is 18.2 Å². The van der Waals surface area contributed by atoms with Gasteiger partial charge in [0, 0.05) is 24.8 Å². The number of carbonyl (C=O) groups is 1. The van der Waals surface area contributed by atoms with Crippen molar-refractivity contribution in [2.45, 2.75) is 51.1 Å². The molecule has 1 atom stereocenters. The SMILES string of the molecule is Cc1ccc2c(c1)CCCN2CC(C)(NC1CC1)C(=O)O. The molecule has 1 fully saturated rings. The molecule has 0 amide bonds. The number of fused-ring (bicyclic) bond motifs is 1. The lowest BCUT2D eigenvalue weighted by atomic mass is 9.95. The molecule has 2 aliphatic rings. The van der Waals surface area contributed by atoms with E-state index in [0.717, 1.165) is 32.2 Å². The Morgan fingerprint density at radius 3 is 2.90 bits per heavy atom. The van der Waals surface area contributed by atoms with Gasteiger partial charge in [-0.25, -0.2) is 0 Å². The summed E-state index contributed by atoms with van der Waals surface area (Å²) in [6.07, 6.45) is 4.38. The summed E-state index contributed by atoms with van der Waals surface area (Å²) in [6, 6.07) is 6.87. The molecule has 21 heavy (non-hydrogen) atoms. The minimum atomic E-state index is -0.874. The lowest BCUT2D eigenvalue weighted by molar-refractivity contribution is -0.143. The van der Waals surface area contributed by atoms with E-state index in [-0.39, 0.29) is 0 Å². The molecule has 3 rings (SSSR count). The summed E-state index contributed by atoms with van der Waals surface area (Å²) in [6.45, 7) is 5.38. The van der Waals surface area contributed by atoms with Crippen molar-refractivity contribution in [2.75, 3.05) is 18.0 Å². The van der Waals surface area contributed by atoms with Crippen molar-refractivity contribution < 1.29 is 9.90 Å². The number of nitrogens with zero attached hydrogens (tertiary/aromatic N) is 1. The topological polar surface area (TPSA) is 52.6 Å². The summed E-state index contributed by atoms with van der Waals surface area (Å²) in [4.78, 5) is 14.0. The molecule has 114 valence electrons.